The molecule has 0 saturated carbocycles. The summed E-state index contributed by atoms with van der Waals surface area (Å²) in [5.74, 6) is 0. The van der Waals surface area contributed by atoms with Crippen LogP contribution >= 0.6 is 0 Å². The van der Waals surface area contributed by atoms with E-state index < -0.39 is 10.0 Å². The molecule has 0 heterocycles. The summed E-state index contributed by atoms with van der Waals surface area (Å²) in [5, 5.41) is 2.01. The predicted octanol–water partition coefficient (Wildman–Crippen LogP) is 8.19. The molecule has 4 aromatic carbocycles. The number of sulfonamides is 1. The van der Waals surface area contributed by atoms with Crippen LogP contribution in [0.5, 0.6) is 0 Å². The smallest absolute Gasteiger partial charge is 0.234 e. The molecule has 0 aliphatic heterocycles. The van der Waals surface area contributed by atoms with Crippen LogP contribution < -0.4 is 4.31 Å². The van der Waals surface area contributed by atoms with Crippen LogP contribution in [0.4, 0.5) is 5.69 Å². The molecule has 0 spiro atoms. The zero-order valence-corrected chi connectivity index (χ0v) is 20.8. The van der Waals surface area contributed by atoms with Crippen LogP contribution in [-0.4, -0.2) is 8.42 Å². The van der Waals surface area contributed by atoms with Crippen molar-refractivity contribution in [3.05, 3.63) is 109 Å². The van der Waals surface area contributed by atoms with Gasteiger partial charge in [-0.25, -0.2) is 12.7 Å². The Morgan fingerprint density at radius 1 is 0.706 bits per heavy atom. The van der Waals surface area contributed by atoms with Gasteiger partial charge in [0, 0.05) is 5.39 Å². The molecule has 0 atom stereocenters. The fraction of sp³-hybridized carbons (Fsp3) is 0.133. The second kappa shape index (κ2) is 9.70. The molecule has 0 amide bonds. The fourth-order valence-corrected chi connectivity index (χ4v) is 6.10. The number of hydrogen-bond donors (Lipinski definition) is 0. The van der Waals surface area contributed by atoms with Crippen LogP contribution in [0.2, 0.25) is 0 Å². The Balaban J connectivity index is 0.00000133. The van der Waals surface area contributed by atoms with E-state index in [4.69, 9.17) is 0 Å². The Morgan fingerprint density at radius 3 is 1.91 bits per heavy atom. The quantitative estimate of drug-likeness (QED) is 0.244. The van der Waals surface area contributed by atoms with E-state index in [2.05, 4.69) is 18.2 Å². The minimum absolute atomic E-state index is 0.260. The summed E-state index contributed by atoms with van der Waals surface area (Å²) in [4.78, 5) is 0.260. The van der Waals surface area contributed by atoms with Gasteiger partial charge in [0.15, 0.2) is 0 Å². The molecule has 0 bridgehead atoms. The molecule has 0 N–H and O–H groups in total. The van der Waals surface area contributed by atoms with Crippen molar-refractivity contribution in [3.8, 4) is 22.3 Å². The van der Waals surface area contributed by atoms with E-state index in [1.54, 1.807) is 24.3 Å². The third-order valence-electron chi connectivity index (χ3n) is 5.89. The lowest BCUT2D eigenvalue weighted by molar-refractivity contribution is 0.595. The van der Waals surface area contributed by atoms with E-state index in [0.717, 1.165) is 21.9 Å². The summed E-state index contributed by atoms with van der Waals surface area (Å²) >= 11 is 0. The summed E-state index contributed by atoms with van der Waals surface area (Å²) in [7, 11) is -3.84. The molecule has 4 heteroatoms. The second-order valence-electron chi connectivity index (χ2n) is 7.70. The monoisotopic (exact) mass is 467 g/mol. The van der Waals surface area contributed by atoms with Crippen LogP contribution in [0.3, 0.4) is 0 Å². The largest absolute Gasteiger partial charge is 0.268 e. The Kier molecular flexibility index (Phi) is 6.71. The molecule has 172 valence electrons. The number of benzene rings is 4. The maximum absolute atomic E-state index is 13.9. The third-order valence-corrected chi connectivity index (χ3v) is 7.65. The van der Waals surface area contributed by atoms with Crippen LogP contribution in [0.15, 0.2) is 114 Å². The third kappa shape index (κ3) is 3.74. The van der Waals surface area contributed by atoms with Gasteiger partial charge < -0.3 is 0 Å². The number of anilines is 1. The Bertz CT molecular complexity index is 1470. The van der Waals surface area contributed by atoms with Crippen molar-refractivity contribution in [2.24, 2.45) is 0 Å². The van der Waals surface area contributed by atoms with Gasteiger partial charge in [-0.3, -0.25) is 0 Å². The minimum atomic E-state index is -3.84. The van der Waals surface area contributed by atoms with Crippen molar-refractivity contribution in [3.63, 3.8) is 0 Å². The van der Waals surface area contributed by atoms with Gasteiger partial charge in [-0.1, -0.05) is 92.7 Å². The molecular weight excluding hydrogens is 438 g/mol. The lowest BCUT2D eigenvalue weighted by Gasteiger charge is -2.27. The van der Waals surface area contributed by atoms with E-state index in [9.17, 15) is 8.42 Å². The average molecular weight is 468 g/mol. The van der Waals surface area contributed by atoms with Crippen molar-refractivity contribution in [2.75, 3.05) is 4.31 Å². The lowest BCUT2D eigenvalue weighted by atomic mass is 10.0. The Labute approximate surface area is 202 Å². The van der Waals surface area contributed by atoms with Crippen LogP contribution in [0, 0.1) is 0 Å². The summed E-state index contributed by atoms with van der Waals surface area (Å²) < 4.78 is 29.3. The molecule has 0 aromatic heterocycles. The molecule has 0 unspecified atom stereocenters. The van der Waals surface area contributed by atoms with E-state index in [0.29, 0.717) is 11.4 Å². The lowest BCUT2D eigenvalue weighted by Crippen LogP contribution is -2.30. The standard InChI is InChI=1S/C28H23NO2S.C2H6/c1-3-11-20(4-2)29(32(30,31)21-12-6-5-7-13-21)27-19-18-25-23-15-9-8-14-22(23)24-16-10-17-26(27)28(24)25;1-2/h3-19H,1-2H3;1-2H3/b11-3-,20-4+;. The summed E-state index contributed by atoms with van der Waals surface area (Å²) in [5.41, 5.74) is 5.89. The van der Waals surface area contributed by atoms with Crippen molar-refractivity contribution >= 4 is 26.5 Å². The first-order valence-electron chi connectivity index (χ1n) is 11.6. The van der Waals surface area contributed by atoms with E-state index >= 15 is 0 Å². The van der Waals surface area contributed by atoms with E-state index in [-0.39, 0.29) is 4.90 Å². The van der Waals surface area contributed by atoms with E-state index in [1.807, 2.05) is 88.4 Å². The molecule has 5 rings (SSSR count). The van der Waals surface area contributed by atoms with E-state index in [1.165, 1.54) is 15.4 Å². The maximum Gasteiger partial charge on any atom is 0.268 e. The summed E-state index contributed by atoms with van der Waals surface area (Å²) in [6.45, 7) is 7.75. The highest BCUT2D eigenvalue weighted by Gasteiger charge is 2.30. The zero-order valence-electron chi connectivity index (χ0n) is 20.0. The highest BCUT2D eigenvalue weighted by molar-refractivity contribution is 7.93. The van der Waals surface area contributed by atoms with Gasteiger partial charge in [0.2, 0.25) is 0 Å². The SMILES string of the molecule is C/C=C\C(=C/C)N(c1ccc2c3c(cccc13)-c1ccccc1-2)S(=O)(=O)c1ccccc1.CC. The summed E-state index contributed by atoms with van der Waals surface area (Å²) in [6, 6.07) is 27.0. The van der Waals surface area contributed by atoms with Crippen molar-refractivity contribution < 1.29 is 8.42 Å². The van der Waals surface area contributed by atoms with Gasteiger partial charge in [-0.05, 0) is 65.8 Å². The topological polar surface area (TPSA) is 37.4 Å². The molecule has 3 nitrogen and oxygen atoms in total. The second-order valence-corrected chi connectivity index (χ2v) is 9.49. The molecule has 0 fully saturated rings. The Hall–Kier alpha value is -3.63. The molecule has 0 radical (unpaired) electrons. The Morgan fingerprint density at radius 2 is 1.29 bits per heavy atom. The molecule has 1 aliphatic rings. The number of allylic oxidation sites excluding steroid dienone is 3. The van der Waals surface area contributed by atoms with Gasteiger partial charge in [-0.2, -0.15) is 0 Å². The van der Waals surface area contributed by atoms with Gasteiger partial charge in [-0.15, -0.1) is 0 Å². The fourth-order valence-electron chi connectivity index (χ4n) is 4.53. The first kappa shape index (κ1) is 23.5. The van der Waals surface area contributed by atoms with Crippen molar-refractivity contribution in [2.45, 2.75) is 32.6 Å². The number of hydrogen-bond acceptors (Lipinski definition) is 2. The normalized spacial score (nSPS) is 12.4. The van der Waals surface area contributed by atoms with Crippen molar-refractivity contribution in [1.29, 1.82) is 0 Å². The van der Waals surface area contributed by atoms with Crippen LogP contribution in [-0.2, 0) is 10.0 Å². The predicted molar refractivity (Wildman–Crippen MR) is 144 cm³/mol. The first-order chi connectivity index (χ1) is 16.6. The molecule has 4 aromatic rings. The van der Waals surface area contributed by atoms with Gasteiger partial charge in [0.05, 0.1) is 16.3 Å². The molecule has 1 aliphatic carbocycles. The maximum atomic E-state index is 13.9. The van der Waals surface area contributed by atoms with Gasteiger partial charge in [0.1, 0.15) is 0 Å². The van der Waals surface area contributed by atoms with Crippen LogP contribution in [0.1, 0.15) is 27.7 Å². The molecule has 34 heavy (non-hydrogen) atoms. The van der Waals surface area contributed by atoms with Crippen molar-refractivity contribution in [1.82, 2.24) is 0 Å². The number of nitrogens with zero attached hydrogens (tertiary/aromatic N) is 1. The number of rotatable bonds is 5. The zero-order chi connectivity index (χ0) is 24.3. The highest BCUT2D eigenvalue weighted by atomic mass is 32.2. The summed E-state index contributed by atoms with van der Waals surface area (Å²) in [6.07, 6.45) is 5.52. The van der Waals surface area contributed by atoms with Gasteiger partial charge >= 0.3 is 0 Å². The average Bonchev–Trinajstić information content (AvgIpc) is 3.22. The highest BCUT2D eigenvalue weighted by Crippen LogP contribution is 2.50. The molecule has 0 saturated heterocycles. The number of fused-ring (bicyclic) bond motifs is 3. The minimum Gasteiger partial charge on any atom is -0.234 e. The van der Waals surface area contributed by atoms with Crippen LogP contribution in [0.25, 0.3) is 33.0 Å². The molecular formula is C30H29NO2S. The van der Waals surface area contributed by atoms with Gasteiger partial charge in [0.25, 0.3) is 10.0 Å². The first-order valence-corrected chi connectivity index (χ1v) is 13.1.